The van der Waals surface area contributed by atoms with Crippen LogP contribution < -0.4 is 10.1 Å². The Kier molecular flexibility index (Phi) is 5.26. The molecule has 98 valence electrons. The highest BCUT2D eigenvalue weighted by Crippen LogP contribution is 2.22. The van der Waals surface area contributed by atoms with E-state index in [9.17, 15) is 14.5 Å². The van der Waals surface area contributed by atoms with Crippen molar-refractivity contribution >= 4 is 5.69 Å². The van der Waals surface area contributed by atoms with Crippen LogP contribution in [0.2, 0.25) is 0 Å². The summed E-state index contributed by atoms with van der Waals surface area (Å²) in [6.07, 6.45) is 0. The summed E-state index contributed by atoms with van der Waals surface area (Å²) in [5, 5.41) is 13.5. The monoisotopic (exact) mass is 254 g/mol. The molecule has 1 rings (SSSR count). The van der Waals surface area contributed by atoms with Gasteiger partial charge in [-0.25, -0.2) is 4.39 Å². The maximum atomic E-state index is 13.4. The molecule has 0 aliphatic carbocycles. The van der Waals surface area contributed by atoms with Gasteiger partial charge in [-0.3, -0.25) is 10.1 Å². The molecule has 0 unspecified atom stereocenters. The van der Waals surface area contributed by atoms with Crippen molar-refractivity contribution in [2.24, 2.45) is 0 Å². The van der Waals surface area contributed by atoms with E-state index in [0.717, 1.165) is 18.2 Å². The third-order valence-electron chi connectivity index (χ3n) is 2.18. The van der Waals surface area contributed by atoms with Crippen molar-refractivity contribution < 1.29 is 14.1 Å². The summed E-state index contributed by atoms with van der Waals surface area (Å²) < 4.78 is 18.6. The molecule has 1 aromatic carbocycles. The molecule has 0 heterocycles. The van der Waals surface area contributed by atoms with Gasteiger partial charge in [0.05, 0.1) is 11.0 Å². The molecule has 6 heteroatoms. The van der Waals surface area contributed by atoms with E-state index in [4.69, 9.17) is 4.74 Å². The van der Waals surface area contributed by atoms with Crippen LogP contribution in [0.3, 0.4) is 0 Å². The minimum absolute atomic E-state index is 0.0155. The third-order valence-corrected chi connectivity index (χ3v) is 2.18. The van der Waals surface area contributed by atoms with E-state index in [0.29, 0.717) is 6.54 Å². The molecule has 0 atom stereocenters. The number of non-ortho nitro benzene ring substituents is 1. The first-order chi connectivity index (χ1) is 8.54. The normalized spacial score (nSPS) is 10.1. The van der Waals surface area contributed by atoms with Crippen LogP contribution in [0.15, 0.2) is 30.4 Å². The number of ether oxygens (including phenoxy) is 1. The van der Waals surface area contributed by atoms with Gasteiger partial charge in [-0.1, -0.05) is 13.5 Å². The van der Waals surface area contributed by atoms with Crippen molar-refractivity contribution in [3.05, 3.63) is 46.3 Å². The minimum atomic E-state index is -0.750. The van der Waals surface area contributed by atoms with Gasteiger partial charge in [0.25, 0.3) is 5.69 Å². The number of halogens is 1. The summed E-state index contributed by atoms with van der Waals surface area (Å²) in [6.45, 7) is 7.29. The predicted molar refractivity (Wildman–Crippen MR) is 66.2 cm³/mol. The van der Waals surface area contributed by atoms with E-state index in [1.165, 1.54) is 12.1 Å². The van der Waals surface area contributed by atoms with Crippen LogP contribution in [0.1, 0.15) is 6.92 Å². The van der Waals surface area contributed by atoms with Crippen LogP contribution in [0.4, 0.5) is 10.1 Å². The Bertz CT molecular complexity index is 449. The first-order valence-electron chi connectivity index (χ1n) is 5.48. The Morgan fingerprint density at radius 2 is 2.33 bits per heavy atom. The molecule has 0 radical (unpaired) electrons. The number of hydrogen-bond donors (Lipinski definition) is 1. The highest BCUT2D eigenvalue weighted by Gasteiger charge is 2.11. The average molecular weight is 254 g/mol. The lowest BCUT2D eigenvalue weighted by molar-refractivity contribution is -0.385. The Morgan fingerprint density at radius 3 is 2.89 bits per heavy atom. The molecule has 0 bridgehead atoms. The number of hydrogen-bond acceptors (Lipinski definition) is 4. The van der Waals surface area contributed by atoms with Crippen LogP contribution in [0, 0.1) is 15.9 Å². The highest BCUT2D eigenvalue weighted by molar-refractivity contribution is 5.37. The molecule has 0 amide bonds. The number of nitrogens with one attached hydrogen (secondary N) is 1. The lowest BCUT2D eigenvalue weighted by Gasteiger charge is -2.09. The van der Waals surface area contributed by atoms with Gasteiger partial charge in [-0.05, 0) is 18.2 Å². The van der Waals surface area contributed by atoms with E-state index >= 15 is 0 Å². The topological polar surface area (TPSA) is 64.4 Å². The number of nitro benzene ring substituents is 1. The first kappa shape index (κ1) is 14.1. The van der Waals surface area contributed by atoms with Crippen molar-refractivity contribution in [2.45, 2.75) is 6.92 Å². The van der Waals surface area contributed by atoms with Crippen molar-refractivity contribution in [2.75, 3.05) is 19.7 Å². The van der Waals surface area contributed by atoms with Crippen LogP contribution in [0.25, 0.3) is 0 Å². The lowest BCUT2D eigenvalue weighted by atomic mass is 10.3. The van der Waals surface area contributed by atoms with Crippen molar-refractivity contribution in [1.82, 2.24) is 5.32 Å². The SMILES string of the molecule is C=C(CNCC)COc1ccc([N+](=O)[O-])cc1F. The van der Waals surface area contributed by atoms with Gasteiger partial charge in [0.1, 0.15) is 6.61 Å². The van der Waals surface area contributed by atoms with Gasteiger partial charge >= 0.3 is 0 Å². The van der Waals surface area contributed by atoms with Gasteiger partial charge in [0.15, 0.2) is 11.6 Å². The summed E-state index contributed by atoms with van der Waals surface area (Å²) in [7, 11) is 0. The summed E-state index contributed by atoms with van der Waals surface area (Å²) in [6, 6.07) is 3.28. The Labute approximate surface area is 104 Å². The number of nitro groups is 1. The second kappa shape index (κ2) is 6.70. The zero-order valence-corrected chi connectivity index (χ0v) is 10.1. The molecule has 0 saturated heterocycles. The smallest absolute Gasteiger partial charge is 0.272 e. The quantitative estimate of drug-likeness (QED) is 0.460. The maximum absolute atomic E-state index is 13.4. The summed E-state index contributed by atoms with van der Waals surface area (Å²) in [5.74, 6) is -0.765. The minimum Gasteiger partial charge on any atom is -0.486 e. The zero-order valence-electron chi connectivity index (χ0n) is 10.1. The lowest BCUT2D eigenvalue weighted by Crippen LogP contribution is -2.19. The Morgan fingerprint density at radius 1 is 1.61 bits per heavy atom. The fourth-order valence-electron chi connectivity index (χ4n) is 1.25. The summed E-state index contributed by atoms with van der Waals surface area (Å²) in [5.41, 5.74) is 0.473. The second-order valence-corrected chi connectivity index (χ2v) is 3.69. The molecule has 5 nitrogen and oxygen atoms in total. The fourth-order valence-corrected chi connectivity index (χ4v) is 1.25. The van der Waals surface area contributed by atoms with E-state index in [1.807, 2.05) is 6.92 Å². The van der Waals surface area contributed by atoms with Crippen LogP contribution >= 0.6 is 0 Å². The van der Waals surface area contributed by atoms with E-state index in [-0.39, 0.29) is 18.0 Å². The molecule has 18 heavy (non-hydrogen) atoms. The van der Waals surface area contributed by atoms with Gasteiger partial charge in [0, 0.05) is 12.6 Å². The molecule has 0 aliphatic heterocycles. The van der Waals surface area contributed by atoms with Crippen LogP contribution in [-0.2, 0) is 0 Å². The number of rotatable bonds is 7. The Hall–Kier alpha value is -1.95. The molecular formula is C12H15FN2O3. The van der Waals surface area contributed by atoms with Crippen molar-refractivity contribution in [3.8, 4) is 5.75 Å². The third kappa shape index (κ3) is 4.14. The molecule has 1 aromatic rings. The molecule has 0 aliphatic rings. The zero-order chi connectivity index (χ0) is 13.5. The standard InChI is InChI=1S/C12H15FN2O3/c1-3-14-7-9(2)8-18-12-5-4-10(15(16)17)6-11(12)13/h4-6,14H,2-3,7-8H2,1H3. The number of likely N-dealkylation sites (N-methyl/N-ethyl adjacent to an activating group) is 1. The van der Waals surface area contributed by atoms with Crippen LogP contribution in [-0.4, -0.2) is 24.6 Å². The second-order valence-electron chi connectivity index (χ2n) is 3.69. The van der Waals surface area contributed by atoms with Gasteiger partial charge in [0.2, 0.25) is 0 Å². The predicted octanol–water partition coefficient (Wildman–Crippen LogP) is 2.28. The number of benzene rings is 1. The van der Waals surface area contributed by atoms with Crippen molar-refractivity contribution in [3.63, 3.8) is 0 Å². The molecular weight excluding hydrogens is 239 g/mol. The van der Waals surface area contributed by atoms with Gasteiger partial charge < -0.3 is 10.1 Å². The van der Waals surface area contributed by atoms with E-state index < -0.39 is 10.7 Å². The summed E-state index contributed by atoms with van der Waals surface area (Å²) in [4.78, 5) is 9.77. The number of nitrogens with zero attached hydrogens (tertiary/aromatic N) is 1. The van der Waals surface area contributed by atoms with Crippen molar-refractivity contribution in [1.29, 1.82) is 0 Å². The fraction of sp³-hybridized carbons (Fsp3) is 0.333. The van der Waals surface area contributed by atoms with Crippen LogP contribution in [0.5, 0.6) is 5.75 Å². The van der Waals surface area contributed by atoms with E-state index in [1.54, 1.807) is 0 Å². The largest absolute Gasteiger partial charge is 0.486 e. The maximum Gasteiger partial charge on any atom is 0.272 e. The molecule has 0 fully saturated rings. The molecule has 0 spiro atoms. The molecule has 0 aromatic heterocycles. The molecule has 0 saturated carbocycles. The summed E-state index contributed by atoms with van der Waals surface area (Å²) >= 11 is 0. The molecule has 1 N–H and O–H groups in total. The average Bonchev–Trinajstić information content (AvgIpc) is 2.34. The van der Waals surface area contributed by atoms with Gasteiger partial charge in [-0.15, -0.1) is 0 Å². The highest BCUT2D eigenvalue weighted by atomic mass is 19.1. The van der Waals surface area contributed by atoms with E-state index in [2.05, 4.69) is 11.9 Å². The Balaban J connectivity index is 2.58. The van der Waals surface area contributed by atoms with Gasteiger partial charge in [-0.2, -0.15) is 0 Å². The first-order valence-corrected chi connectivity index (χ1v) is 5.48.